The van der Waals surface area contributed by atoms with Crippen LogP contribution in [0.25, 0.3) is 0 Å². The third kappa shape index (κ3) is 4.55. The van der Waals surface area contributed by atoms with Crippen molar-refractivity contribution in [2.24, 2.45) is 11.8 Å². The van der Waals surface area contributed by atoms with Crippen LogP contribution in [0.1, 0.15) is 73.7 Å². The van der Waals surface area contributed by atoms with Gasteiger partial charge in [-0.1, -0.05) is 17.6 Å². The Bertz CT molecular complexity index is 854. The normalized spacial score (nSPS) is 21.9. The predicted octanol–water partition coefficient (Wildman–Crippen LogP) is 4.58. The number of amides is 1. The molecule has 1 aromatic rings. The highest BCUT2D eigenvalue weighted by Crippen LogP contribution is 2.40. The zero-order valence-corrected chi connectivity index (χ0v) is 18.1. The van der Waals surface area contributed by atoms with Crippen molar-refractivity contribution in [3.8, 4) is 0 Å². The highest BCUT2D eigenvalue weighted by atomic mass is 32.1. The average molecular weight is 420 g/mol. The summed E-state index contributed by atoms with van der Waals surface area (Å²) in [5, 5.41) is 13.0. The van der Waals surface area contributed by atoms with Crippen LogP contribution in [-0.2, 0) is 27.2 Å². The number of allylic oxidation sites excluding steroid dienone is 2. The van der Waals surface area contributed by atoms with E-state index in [0.717, 1.165) is 53.7 Å². The maximum atomic E-state index is 13.1. The van der Waals surface area contributed by atoms with Gasteiger partial charge in [-0.05, 0) is 64.9 Å². The van der Waals surface area contributed by atoms with Crippen LogP contribution in [0.3, 0.4) is 0 Å². The molecule has 2 aliphatic carbocycles. The largest absolute Gasteiger partial charge is 0.481 e. The second-order valence-electron chi connectivity index (χ2n) is 8.00. The maximum absolute atomic E-state index is 13.1. The first-order chi connectivity index (χ1) is 13.8. The van der Waals surface area contributed by atoms with E-state index >= 15 is 0 Å². The summed E-state index contributed by atoms with van der Waals surface area (Å²) >= 11 is 1.44. The molecule has 3 rings (SSSR count). The molecule has 0 saturated carbocycles. The molecule has 7 heteroatoms. The van der Waals surface area contributed by atoms with Gasteiger partial charge in [0.25, 0.3) is 0 Å². The van der Waals surface area contributed by atoms with Crippen LogP contribution >= 0.6 is 11.3 Å². The van der Waals surface area contributed by atoms with Crippen LogP contribution in [-0.4, -0.2) is 29.6 Å². The first-order valence-electron chi connectivity index (χ1n) is 10.3. The van der Waals surface area contributed by atoms with E-state index in [1.165, 1.54) is 11.3 Å². The number of fused-ring (bicyclic) bond motifs is 1. The third-order valence-electron chi connectivity index (χ3n) is 6.06. The molecule has 0 spiro atoms. The maximum Gasteiger partial charge on any atom is 0.341 e. The summed E-state index contributed by atoms with van der Waals surface area (Å²) in [6, 6.07) is 0. The lowest BCUT2D eigenvalue weighted by Gasteiger charge is -2.29. The molecule has 0 saturated heterocycles. The summed E-state index contributed by atoms with van der Waals surface area (Å²) in [6.07, 6.45) is 5.70. The van der Waals surface area contributed by atoms with Crippen molar-refractivity contribution in [3.63, 3.8) is 0 Å². The Kier molecular flexibility index (Phi) is 6.77. The van der Waals surface area contributed by atoms with Crippen LogP contribution in [0.15, 0.2) is 11.1 Å². The lowest BCUT2D eigenvalue weighted by Crippen LogP contribution is -2.36. The van der Waals surface area contributed by atoms with Gasteiger partial charge in [0.1, 0.15) is 5.00 Å². The standard InChI is InChI=1S/C22H29NO5S/c1-4-28-22(27)18-14-8-6-5-7-9-17(14)29-20(18)23-19(24)15-10-12(2)13(3)11-16(15)21(25)26/h15-16H,4-11H2,1-3H3,(H,23,24)(H,25,26)/t15-,16-/m1/s1. The van der Waals surface area contributed by atoms with E-state index in [2.05, 4.69) is 5.32 Å². The van der Waals surface area contributed by atoms with Gasteiger partial charge in [-0.15, -0.1) is 11.3 Å². The van der Waals surface area contributed by atoms with Gasteiger partial charge in [0.15, 0.2) is 0 Å². The van der Waals surface area contributed by atoms with Crippen molar-refractivity contribution in [1.82, 2.24) is 0 Å². The fourth-order valence-corrected chi connectivity index (χ4v) is 5.56. The van der Waals surface area contributed by atoms with E-state index in [1.807, 2.05) is 13.8 Å². The summed E-state index contributed by atoms with van der Waals surface area (Å²) < 4.78 is 5.27. The molecule has 0 bridgehead atoms. The number of nitrogens with one attached hydrogen (secondary N) is 1. The molecule has 29 heavy (non-hydrogen) atoms. The molecule has 0 aliphatic heterocycles. The lowest BCUT2D eigenvalue weighted by atomic mass is 9.76. The molecule has 1 amide bonds. The first-order valence-corrected chi connectivity index (χ1v) is 11.2. The molecule has 2 N–H and O–H groups in total. The fourth-order valence-electron chi connectivity index (χ4n) is 4.28. The van der Waals surface area contributed by atoms with Gasteiger partial charge in [0.05, 0.1) is 24.0 Å². The van der Waals surface area contributed by atoms with Gasteiger partial charge in [0, 0.05) is 4.88 Å². The van der Waals surface area contributed by atoms with E-state index in [0.29, 0.717) is 23.4 Å². The second-order valence-corrected chi connectivity index (χ2v) is 9.10. The summed E-state index contributed by atoms with van der Waals surface area (Å²) in [6.45, 7) is 5.90. The summed E-state index contributed by atoms with van der Waals surface area (Å²) in [5.41, 5.74) is 3.56. The number of hydrogen-bond donors (Lipinski definition) is 2. The number of ether oxygens (including phenoxy) is 1. The Balaban J connectivity index is 1.91. The topological polar surface area (TPSA) is 92.7 Å². The van der Waals surface area contributed by atoms with Crippen LogP contribution in [0.2, 0.25) is 0 Å². The number of thiophene rings is 1. The van der Waals surface area contributed by atoms with Crippen molar-refractivity contribution < 1.29 is 24.2 Å². The number of carboxylic acid groups (broad SMARTS) is 1. The van der Waals surface area contributed by atoms with Crippen LogP contribution < -0.4 is 5.32 Å². The Morgan fingerprint density at radius 2 is 1.72 bits per heavy atom. The van der Waals surface area contributed by atoms with Crippen molar-refractivity contribution in [1.29, 1.82) is 0 Å². The summed E-state index contributed by atoms with van der Waals surface area (Å²) in [7, 11) is 0. The highest BCUT2D eigenvalue weighted by molar-refractivity contribution is 7.17. The van der Waals surface area contributed by atoms with E-state index in [-0.39, 0.29) is 12.5 Å². The Hall–Kier alpha value is -2.15. The molecule has 6 nitrogen and oxygen atoms in total. The smallest absolute Gasteiger partial charge is 0.341 e. The van der Waals surface area contributed by atoms with Crippen molar-refractivity contribution in [2.45, 2.75) is 65.7 Å². The summed E-state index contributed by atoms with van der Waals surface area (Å²) in [4.78, 5) is 38.7. The van der Waals surface area contributed by atoms with Gasteiger partial charge in [-0.2, -0.15) is 0 Å². The number of aryl methyl sites for hydroxylation is 1. The summed E-state index contributed by atoms with van der Waals surface area (Å²) in [5.74, 6) is -3.08. The minimum absolute atomic E-state index is 0.268. The molecule has 0 radical (unpaired) electrons. The van der Waals surface area contributed by atoms with E-state index in [4.69, 9.17) is 4.74 Å². The Morgan fingerprint density at radius 3 is 2.38 bits per heavy atom. The van der Waals surface area contributed by atoms with Crippen molar-refractivity contribution >= 4 is 34.2 Å². The minimum Gasteiger partial charge on any atom is -0.481 e. The van der Waals surface area contributed by atoms with Gasteiger partial charge in [-0.25, -0.2) is 4.79 Å². The molecule has 1 aromatic heterocycles. The lowest BCUT2D eigenvalue weighted by molar-refractivity contribution is -0.146. The molecular formula is C22H29NO5S. The predicted molar refractivity (Wildman–Crippen MR) is 112 cm³/mol. The van der Waals surface area contributed by atoms with E-state index in [1.54, 1.807) is 6.92 Å². The zero-order valence-electron chi connectivity index (χ0n) is 17.3. The zero-order chi connectivity index (χ0) is 21.1. The second kappa shape index (κ2) is 9.11. The van der Waals surface area contributed by atoms with E-state index in [9.17, 15) is 19.5 Å². The number of carbonyl (C=O) groups excluding carboxylic acids is 2. The molecular weight excluding hydrogens is 390 g/mol. The molecule has 0 unspecified atom stereocenters. The molecule has 158 valence electrons. The van der Waals surface area contributed by atoms with Gasteiger partial charge < -0.3 is 15.2 Å². The van der Waals surface area contributed by atoms with Crippen LogP contribution in [0, 0.1) is 11.8 Å². The van der Waals surface area contributed by atoms with Gasteiger partial charge in [-0.3, -0.25) is 9.59 Å². The minimum atomic E-state index is -0.954. The van der Waals surface area contributed by atoms with E-state index < -0.39 is 23.8 Å². The number of hydrogen-bond acceptors (Lipinski definition) is 5. The molecule has 0 fully saturated rings. The fraction of sp³-hybridized carbons (Fsp3) is 0.591. The number of carboxylic acids is 1. The third-order valence-corrected chi connectivity index (χ3v) is 7.27. The number of rotatable bonds is 5. The SMILES string of the molecule is CCOC(=O)c1c(NC(=O)[C@@H]2CC(C)=C(C)C[C@H]2C(=O)O)sc2c1CCCCC2. The highest BCUT2D eigenvalue weighted by Gasteiger charge is 2.38. The van der Waals surface area contributed by atoms with Gasteiger partial charge >= 0.3 is 11.9 Å². The van der Waals surface area contributed by atoms with Crippen molar-refractivity contribution in [3.05, 3.63) is 27.2 Å². The Morgan fingerprint density at radius 1 is 1.07 bits per heavy atom. The Labute approximate surface area is 175 Å². The number of carbonyl (C=O) groups is 3. The number of anilines is 1. The number of esters is 1. The molecule has 2 aliphatic rings. The molecule has 2 atom stereocenters. The van der Waals surface area contributed by atoms with Crippen LogP contribution in [0.4, 0.5) is 5.00 Å². The average Bonchev–Trinajstić information content (AvgIpc) is 2.84. The van der Waals surface area contributed by atoms with Crippen molar-refractivity contribution in [2.75, 3.05) is 11.9 Å². The van der Waals surface area contributed by atoms with Gasteiger partial charge in [0.2, 0.25) is 5.91 Å². The quantitative estimate of drug-likeness (QED) is 0.414. The molecule has 0 aromatic carbocycles. The monoisotopic (exact) mass is 419 g/mol. The first kappa shape index (κ1) is 21.6. The molecule has 1 heterocycles. The van der Waals surface area contributed by atoms with Crippen LogP contribution in [0.5, 0.6) is 0 Å². The number of aliphatic carboxylic acids is 1.